The van der Waals surface area contributed by atoms with Crippen molar-refractivity contribution in [3.8, 4) is 17.1 Å². The summed E-state index contributed by atoms with van der Waals surface area (Å²) in [5.41, 5.74) is 1.35. The molecule has 2 aromatic heterocycles. The largest absolute Gasteiger partial charge is 0.477 e. The summed E-state index contributed by atoms with van der Waals surface area (Å²) in [5.74, 6) is 1.85. The second-order valence-electron chi connectivity index (χ2n) is 4.83. The van der Waals surface area contributed by atoms with Crippen molar-refractivity contribution in [2.24, 2.45) is 5.92 Å². The van der Waals surface area contributed by atoms with Gasteiger partial charge in [-0.2, -0.15) is 4.98 Å². The van der Waals surface area contributed by atoms with Crippen molar-refractivity contribution >= 4 is 0 Å². The highest BCUT2D eigenvalue weighted by Gasteiger charge is 2.23. The molecular weight excluding hydrogens is 242 g/mol. The third kappa shape index (κ3) is 2.81. The number of aromatic nitrogens is 3. The maximum atomic E-state index is 11.4. The summed E-state index contributed by atoms with van der Waals surface area (Å²) < 4.78 is 5.76. The van der Waals surface area contributed by atoms with Gasteiger partial charge in [0.15, 0.2) is 5.43 Å². The summed E-state index contributed by atoms with van der Waals surface area (Å²) in [6, 6.07) is 3.00. The molecule has 1 fully saturated rings. The minimum atomic E-state index is -0.0533. The van der Waals surface area contributed by atoms with Crippen LogP contribution >= 0.6 is 0 Å². The molecule has 5 nitrogen and oxygen atoms in total. The van der Waals surface area contributed by atoms with Crippen molar-refractivity contribution in [2.45, 2.75) is 19.8 Å². The van der Waals surface area contributed by atoms with Crippen molar-refractivity contribution in [3.63, 3.8) is 0 Å². The van der Waals surface area contributed by atoms with Gasteiger partial charge in [0, 0.05) is 24.5 Å². The van der Waals surface area contributed by atoms with E-state index in [2.05, 4.69) is 15.0 Å². The molecule has 1 aliphatic rings. The quantitative estimate of drug-likeness (QED) is 0.908. The lowest BCUT2D eigenvalue weighted by Crippen LogP contribution is -2.06. The first-order valence-electron chi connectivity index (χ1n) is 6.38. The van der Waals surface area contributed by atoms with Gasteiger partial charge in [-0.25, -0.2) is 4.98 Å². The standard InChI is InChI=1S/C14H15N3O2/c1-9-16-7-12(13-6-11(18)4-5-15-13)14(17-9)19-8-10-2-3-10/h4-7,10H,2-3,8H2,1H3,(H,15,18). The minimum absolute atomic E-state index is 0.0533. The van der Waals surface area contributed by atoms with Crippen LogP contribution in [0, 0.1) is 12.8 Å². The van der Waals surface area contributed by atoms with Crippen LogP contribution in [-0.2, 0) is 0 Å². The molecule has 0 saturated heterocycles. The van der Waals surface area contributed by atoms with Crippen LogP contribution < -0.4 is 10.2 Å². The minimum Gasteiger partial charge on any atom is -0.477 e. The number of nitrogens with zero attached hydrogens (tertiary/aromatic N) is 2. The highest BCUT2D eigenvalue weighted by atomic mass is 16.5. The molecule has 98 valence electrons. The molecule has 0 spiro atoms. The molecule has 0 amide bonds. The molecule has 2 aromatic rings. The van der Waals surface area contributed by atoms with E-state index in [0.29, 0.717) is 29.9 Å². The van der Waals surface area contributed by atoms with Gasteiger partial charge in [-0.3, -0.25) is 4.79 Å². The van der Waals surface area contributed by atoms with Crippen LogP contribution in [0.1, 0.15) is 18.7 Å². The fraction of sp³-hybridized carbons (Fsp3) is 0.357. The van der Waals surface area contributed by atoms with E-state index in [1.54, 1.807) is 12.4 Å². The Hall–Kier alpha value is -2.17. The summed E-state index contributed by atoms with van der Waals surface area (Å²) in [7, 11) is 0. The molecule has 0 atom stereocenters. The van der Waals surface area contributed by atoms with Crippen LogP contribution in [0.3, 0.4) is 0 Å². The topological polar surface area (TPSA) is 67.9 Å². The first-order chi connectivity index (χ1) is 9.22. The Bertz CT molecular complexity index is 647. The fourth-order valence-corrected chi connectivity index (χ4v) is 1.83. The van der Waals surface area contributed by atoms with Gasteiger partial charge in [0.05, 0.1) is 17.9 Å². The third-order valence-electron chi connectivity index (χ3n) is 3.09. The van der Waals surface area contributed by atoms with E-state index >= 15 is 0 Å². The molecule has 0 unspecified atom stereocenters. The van der Waals surface area contributed by atoms with Crippen molar-refractivity contribution in [3.05, 3.63) is 40.6 Å². The molecule has 1 N–H and O–H groups in total. The van der Waals surface area contributed by atoms with Crippen molar-refractivity contribution in [2.75, 3.05) is 6.61 Å². The summed E-state index contributed by atoms with van der Waals surface area (Å²) in [5, 5.41) is 0. The SMILES string of the molecule is Cc1ncc(-c2cc(=O)cc[nH]2)c(OCC2CC2)n1. The first-order valence-corrected chi connectivity index (χ1v) is 6.38. The summed E-state index contributed by atoms with van der Waals surface area (Å²) >= 11 is 0. The number of hydrogen-bond acceptors (Lipinski definition) is 4. The molecule has 0 bridgehead atoms. The van der Waals surface area contributed by atoms with Gasteiger partial charge in [0.1, 0.15) is 5.82 Å². The molecule has 5 heteroatoms. The number of H-pyrrole nitrogens is 1. The smallest absolute Gasteiger partial charge is 0.226 e. The van der Waals surface area contributed by atoms with Crippen LogP contribution in [0.25, 0.3) is 11.3 Å². The second kappa shape index (κ2) is 4.84. The Morgan fingerprint density at radius 2 is 2.32 bits per heavy atom. The molecule has 3 rings (SSSR count). The molecule has 19 heavy (non-hydrogen) atoms. The highest BCUT2D eigenvalue weighted by molar-refractivity contribution is 5.63. The van der Waals surface area contributed by atoms with Crippen LogP contribution in [0.15, 0.2) is 29.3 Å². The van der Waals surface area contributed by atoms with Gasteiger partial charge >= 0.3 is 0 Å². The Labute approximate surface area is 110 Å². The number of ether oxygens (including phenoxy) is 1. The van der Waals surface area contributed by atoms with E-state index in [0.717, 1.165) is 5.56 Å². The zero-order valence-electron chi connectivity index (χ0n) is 10.7. The maximum Gasteiger partial charge on any atom is 0.226 e. The van der Waals surface area contributed by atoms with E-state index in [-0.39, 0.29) is 5.43 Å². The molecule has 0 aromatic carbocycles. The third-order valence-corrected chi connectivity index (χ3v) is 3.09. The van der Waals surface area contributed by atoms with Gasteiger partial charge in [-0.1, -0.05) is 0 Å². The predicted molar refractivity (Wildman–Crippen MR) is 71.0 cm³/mol. The summed E-state index contributed by atoms with van der Waals surface area (Å²) in [4.78, 5) is 22.9. The molecular formula is C14H15N3O2. The van der Waals surface area contributed by atoms with E-state index in [1.807, 2.05) is 6.92 Å². The molecule has 2 heterocycles. The Morgan fingerprint density at radius 3 is 3.05 bits per heavy atom. The van der Waals surface area contributed by atoms with Gasteiger partial charge < -0.3 is 9.72 Å². The molecule has 1 aliphatic carbocycles. The number of hydrogen-bond donors (Lipinski definition) is 1. The van der Waals surface area contributed by atoms with Crippen LogP contribution in [0.4, 0.5) is 0 Å². The summed E-state index contributed by atoms with van der Waals surface area (Å²) in [6.45, 7) is 2.50. The average Bonchev–Trinajstić information content (AvgIpc) is 3.20. The number of nitrogens with one attached hydrogen (secondary N) is 1. The Balaban J connectivity index is 1.96. The second-order valence-corrected chi connectivity index (χ2v) is 4.83. The lowest BCUT2D eigenvalue weighted by molar-refractivity contribution is 0.288. The van der Waals surface area contributed by atoms with E-state index in [4.69, 9.17) is 4.74 Å². The van der Waals surface area contributed by atoms with E-state index in [1.165, 1.54) is 25.0 Å². The number of rotatable bonds is 4. The lowest BCUT2D eigenvalue weighted by Gasteiger charge is -2.10. The predicted octanol–water partition coefficient (Wildman–Crippen LogP) is 1.93. The van der Waals surface area contributed by atoms with Gasteiger partial charge in [0.2, 0.25) is 5.88 Å². The van der Waals surface area contributed by atoms with Gasteiger partial charge in [-0.05, 0) is 25.7 Å². The number of pyridine rings is 1. The Kier molecular flexibility index (Phi) is 3.03. The first kappa shape index (κ1) is 11.9. The number of aromatic amines is 1. The Morgan fingerprint density at radius 1 is 1.47 bits per heavy atom. The monoisotopic (exact) mass is 257 g/mol. The summed E-state index contributed by atoms with van der Waals surface area (Å²) in [6.07, 6.45) is 5.75. The zero-order chi connectivity index (χ0) is 13.2. The van der Waals surface area contributed by atoms with Crippen LogP contribution in [0.2, 0.25) is 0 Å². The lowest BCUT2D eigenvalue weighted by atomic mass is 10.2. The van der Waals surface area contributed by atoms with E-state index in [9.17, 15) is 4.79 Å². The maximum absolute atomic E-state index is 11.4. The van der Waals surface area contributed by atoms with Crippen LogP contribution in [0.5, 0.6) is 5.88 Å². The number of aryl methyl sites for hydroxylation is 1. The van der Waals surface area contributed by atoms with Crippen molar-refractivity contribution < 1.29 is 4.74 Å². The van der Waals surface area contributed by atoms with Gasteiger partial charge in [-0.15, -0.1) is 0 Å². The fourth-order valence-electron chi connectivity index (χ4n) is 1.83. The van der Waals surface area contributed by atoms with Gasteiger partial charge in [0.25, 0.3) is 0 Å². The molecule has 0 radical (unpaired) electrons. The zero-order valence-corrected chi connectivity index (χ0v) is 10.7. The molecule has 1 saturated carbocycles. The molecule has 0 aliphatic heterocycles. The highest BCUT2D eigenvalue weighted by Crippen LogP contribution is 2.31. The van der Waals surface area contributed by atoms with Crippen LogP contribution in [-0.4, -0.2) is 21.6 Å². The average molecular weight is 257 g/mol. The van der Waals surface area contributed by atoms with Crippen molar-refractivity contribution in [1.29, 1.82) is 0 Å². The van der Waals surface area contributed by atoms with Crippen molar-refractivity contribution in [1.82, 2.24) is 15.0 Å². The van der Waals surface area contributed by atoms with E-state index < -0.39 is 0 Å². The normalized spacial score (nSPS) is 14.4.